The number of aromatic carboxylic acids is 1. The molecule has 19 heavy (non-hydrogen) atoms. The zero-order chi connectivity index (χ0) is 13.8. The molecular weight excluding hydrogens is 250 g/mol. The molecule has 1 aromatic carbocycles. The number of benzene rings is 1. The molecule has 2 rings (SSSR count). The van der Waals surface area contributed by atoms with Gasteiger partial charge in [-0.2, -0.15) is 0 Å². The average Bonchev–Trinajstić information content (AvgIpc) is 2.83. The molecule has 0 aliphatic rings. The second-order valence-electron chi connectivity index (χ2n) is 3.75. The second kappa shape index (κ2) is 5.34. The van der Waals surface area contributed by atoms with E-state index in [1.807, 2.05) is 0 Å². The Morgan fingerprint density at radius 2 is 2.00 bits per heavy atom. The van der Waals surface area contributed by atoms with Crippen molar-refractivity contribution in [2.24, 2.45) is 0 Å². The van der Waals surface area contributed by atoms with Gasteiger partial charge in [-0.15, -0.1) is 0 Å². The zero-order valence-corrected chi connectivity index (χ0v) is 10.1. The van der Waals surface area contributed by atoms with E-state index in [1.165, 1.54) is 7.11 Å². The van der Waals surface area contributed by atoms with Crippen LogP contribution in [0.3, 0.4) is 0 Å². The normalized spacial score (nSPS) is 10.2. The Kier molecular flexibility index (Phi) is 3.61. The van der Waals surface area contributed by atoms with Gasteiger partial charge in [0, 0.05) is 5.56 Å². The Hall–Kier alpha value is -2.63. The first-order valence-corrected chi connectivity index (χ1v) is 5.47. The van der Waals surface area contributed by atoms with E-state index in [1.54, 1.807) is 30.3 Å². The highest BCUT2D eigenvalue weighted by Gasteiger charge is 2.25. The number of nitrogens with zero attached hydrogens (tertiary/aromatic N) is 1. The first-order valence-electron chi connectivity index (χ1n) is 5.47. The predicted molar refractivity (Wildman–Crippen MR) is 64.6 cm³/mol. The van der Waals surface area contributed by atoms with E-state index in [2.05, 4.69) is 9.89 Å². The van der Waals surface area contributed by atoms with E-state index in [-0.39, 0.29) is 23.4 Å². The summed E-state index contributed by atoms with van der Waals surface area (Å²) in [5.41, 5.74) is 0.698. The van der Waals surface area contributed by atoms with Crippen LogP contribution in [0.2, 0.25) is 0 Å². The van der Waals surface area contributed by atoms with Crippen molar-refractivity contribution in [1.82, 2.24) is 5.16 Å². The Balaban J connectivity index is 2.46. The average molecular weight is 261 g/mol. The summed E-state index contributed by atoms with van der Waals surface area (Å²) in [6.07, 6.45) is -0.266. The number of carboxylic acids is 1. The molecule has 0 aliphatic carbocycles. The van der Waals surface area contributed by atoms with Crippen molar-refractivity contribution in [2.45, 2.75) is 6.42 Å². The Morgan fingerprint density at radius 3 is 2.58 bits per heavy atom. The van der Waals surface area contributed by atoms with Gasteiger partial charge in [0.2, 0.25) is 0 Å². The summed E-state index contributed by atoms with van der Waals surface area (Å²) >= 11 is 0. The number of hydrogen-bond donors (Lipinski definition) is 1. The van der Waals surface area contributed by atoms with Crippen LogP contribution >= 0.6 is 0 Å². The van der Waals surface area contributed by atoms with Crippen LogP contribution in [-0.2, 0) is 16.0 Å². The molecule has 0 aliphatic heterocycles. The monoisotopic (exact) mass is 261 g/mol. The Morgan fingerprint density at radius 1 is 1.32 bits per heavy atom. The van der Waals surface area contributed by atoms with E-state index in [9.17, 15) is 14.7 Å². The van der Waals surface area contributed by atoms with Crippen molar-refractivity contribution in [3.05, 3.63) is 41.7 Å². The SMILES string of the molecule is COC(=O)Cc1onc(-c2ccccc2)c1C(=O)O. The van der Waals surface area contributed by atoms with E-state index in [4.69, 9.17) is 4.52 Å². The third kappa shape index (κ3) is 2.62. The van der Waals surface area contributed by atoms with Crippen LogP contribution in [0, 0.1) is 0 Å². The van der Waals surface area contributed by atoms with Gasteiger partial charge in [-0.25, -0.2) is 4.79 Å². The van der Waals surface area contributed by atoms with Crippen molar-refractivity contribution in [2.75, 3.05) is 7.11 Å². The maximum absolute atomic E-state index is 11.3. The van der Waals surface area contributed by atoms with Gasteiger partial charge >= 0.3 is 11.9 Å². The number of ether oxygens (including phenoxy) is 1. The van der Waals surface area contributed by atoms with Crippen molar-refractivity contribution in [3.63, 3.8) is 0 Å². The topological polar surface area (TPSA) is 89.6 Å². The van der Waals surface area contributed by atoms with Crippen LogP contribution in [0.5, 0.6) is 0 Å². The highest BCUT2D eigenvalue weighted by atomic mass is 16.5. The number of esters is 1. The van der Waals surface area contributed by atoms with Crippen LogP contribution in [0.1, 0.15) is 16.1 Å². The van der Waals surface area contributed by atoms with E-state index < -0.39 is 11.9 Å². The number of aromatic nitrogens is 1. The minimum Gasteiger partial charge on any atom is -0.477 e. The van der Waals surface area contributed by atoms with Gasteiger partial charge in [0.1, 0.15) is 17.7 Å². The maximum atomic E-state index is 11.3. The largest absolute Gasteiger partial charge is 0.477 e. The van der Waals surface area contributed by atoms with Crippen molar-refractivity contribution < 1.29 is 24.0 Å². The molecule has 1 aromatic heterocycles. The molecule has 0 amide bonds. The lowest BCUT2D eigenvalue weighted by atomic mass is 10.1. The molecule has 0 spiro atoms. The quantitative estimate of drug-likeness (QED) is 0.843. The number of rotatable bonds is 4. The highest BCUT2D eigenvalue weighted by Crippen LogP contribution is 2.25. The summed E-state index contributed by atoms with van der Waals surface area (Å²) in [4.78, 5) is 22.5. The molecule has 98 valence electrons. The molecule has 0 unspecified atom stereocenters. The number of carbonyl (C=O) groups excluding carboxylic acids is 1. The fraction of sp³-hybridized carbons (Fsp3) is 0.154. The van der Waals surface area contributed by atoms with Crippen LogP contribution in [-0.4, -0.2) is 29.3 Å². The van der Waals surface area contributed by atoms with Crippen LogP contribution < -0.4 is 0 Å². The minimum absolute atomic E-state index is 0.0156. The predicted octanol–water partition coefficient (Wildman–Crippen LogP) is 1.76. The minimum atomic E-state index is -1.20. The molecule has 1 heterocycles. The lowest BCUT2D eigenvalue weighted by Crippen LogP contribution is -2.08. The number of methoxy groups -OCH3 is 1. The van der Waals surface area contributed by atoms with Gasteiger partial charge in [0.15, 0.2) is 5.76 Å². The highest BCUT2D eigenvalue weighted by molar-refractivity contribution is 5.96. The molecule has 2 aromatic rings. The lowest BCUT2D eigenvalue weighted by Gasteiger charge is -1.99. The zero-order valence-electron chi connectivity index (χ0n) is 10.1. The number of hydrogen-bond acceptors (Lipinski definition) is 5. The van der Waals surface area contributed by atoms with Crippen LogP contribution in [0.4, 0.5) is 0 Å². The standard InChI is InChI=1S/C13H11NO5/c1-18-10(15)7-9-11(13(16)17)12(14-19-9)8-5-3-2-4-6-8/h2-6H,7H2,1H3,(H,16,17). The first-order chi connectivity index (χ1) is 9.13. The van der Waals surface area contributed by atoms with Crippen LogP contribution in [0.15, 0.2) is 34.9 Å². The van der Waals surface area contributed by atoms with Crippen molar-refractivity contribution in [1.29, 1.82) is 0 Å². The first kappa shape index (κ1) is 12.8. The molecule has 0 saturated heterocycles. The third-order valence-corrected chi connectivity index (χ3v) is 2.56. The summed E-state index contributed by atoms with van der Waals surface area (Å²) in [5, 5.41) is 13.0. The molecule has 6 heteroatoms. The smallest absolute Gasteiger partial charge is 0.341 e. The fourth-order valence-electron chi connectivity index (χ4n) is 1.66. The Labute approximate surface area is 108 Å². The molecule has 6 nitrogen and oxygen atoms in total. The van der Waals surface area contributed by atoms with Crippen LogP contribution in [0.25, 0.3) is 11.3 Å². The van der Waals surface area contributed by atoms with Gasteiger partial charge in [0.05, 0.1) is 7.11 Å². The molecule has 0 bridgehead atoms. The number of carboxylic acid groups (broad SMARTS) is 1. The summed E-state index contributed by atoms with van der Waals surface area (Å²) in [5.74, 6) is -1.80. The Bertz CT molecular complexity index is 603. The summed E-state index contributed by atoms with van der Waals surface area (Å²) in [6, 6.07) is 8.75. The van der Waals surface area contributed by atoms with Gasteiger partial charge < -0.3 is 14.4 Å². The fourth-order valence-corrected chi connectivity index (χ4v) is 1.66. The molecular formula is C13H11NO5. The lowest BCUT2D eigenvalue weighted by molar-refractivity contribution is -0.140. The molecule has 0 fully saturated rings. The van der Waals surface area contributed by atoms with Gasteiger partial charge in [-0.3, -0.25) is 4.79 Å². The summed E-state index contributed by atoms with van der Waals surface area (Å²) in [7, 11) is 1.22. The van der Waals surface area contributed by atoms with Gasteiger partial charge in [0.25, 0.3) is 0 Å². The molecule has 0 saturated carbocycles. The maximum Gasteiger partial charge on any atom is 0.341 e. The van der Waals surface area contributed by atoms with E-state index >= 15 is 0 Å². The second-order valence-corrected chi connectivity index (χ2v) is 3.75. The van der Waals surface area contributed by atoms with Crippen molar-refractivity contribution >= 4 is 11.9 Å². The molecule has 1 N–H and O–H groups in total. The summed E-state index contributed by atoms with van der Waals surface area (Å²) in [6.45, 7) is 0. The number of carbonyl (C=O) groups is 2. The van der Waals surface area contributed by atoms with Gasteiger partial charge in [-0.1, -0.05) is 35.5 Å². The van der Waals surface area contributed by atoms with Crippen molar-refractivity contribution in [3.8, 4) is 11.3 Å². The third-order valence-electron chi connectivity index (χ3n) is 2.56. The molecule has 0 radical (unpaired) electrons. The van der Waals surface area contributed by atoms with Gasteiger partial charge in [-0.05, 0) is 0 Å². The van der Waals surface area contributed by atoms with E-state index in [0.717, 1.165) is 0 Å². The molecule has 0 atom stereocenters. The summed E-state index contributed by atoms with van der Waals surface area (Å²) < 4.78 is 9.44. The van der Waals surface area contributed by atoms with E-state index in [0.29, 0.717) is 5.56 Å².